The van der Waals surface area contributed by atoms with Gasteiger partial charge in [0.2, 0.25) is 0 Å². The van der Waals surface area contributed by atoms with Gasteiger partial charge in [-0.25, -0.2) is 0 Å². The second-order valence-corrected chi connectivity index (χ2v) is 11.6. The summed E-state index contributed by atoms with van der Waals surface area (Å²) in [7, 11) is 0. The first-order valence-corrected chi connectivity index (χ1v) is 12.5. The van der Waals surface area contributed by atoms with Crippen molar-refractivity contribution in [3.05, 3.63) is 35.6 Å². The van der Waals surface area contributed by atoms with E-state index in [1.807, 2.05) is 12.5 Å². The molecule has 0 aromatic rings. The Kier molecular flexibility index (Phi) is 5.82. The third-order valence-electron chi connectivity index (χ3n) is 10.4. The maximum Gasteiger partial charge on any atom is 0.0786 e. The van der Waals surface area contributed by atoms with Gasteiger partial charge in [-0.3, -0.25) is 0 Å². The van der Waals surface area contributed by atoms with Crippen molar-refractivity contribution in [1.82, 2.24) is 0 Å². The monoisotopic (exact) mass is 396 g/mol. The molecular formula is C28H44O. The van der Waals surface area contributed by atoms with Gasteiger partial charge in [-0.15, -0.1) is 0 Å². The molecule has 4 aliphatic carbocycles. The molecule has 1 N–H and O–H groups in total. The van der Waals surface area contributed by atoms with Crippen molar-refractivity contribution >= 4 is 0 Å². The Morgan fingerprint density at radius 2 is 1.86 bits per heavy atom. The van der Waals surface area contributed by atoms with Gasteiger partial charge in [-0.1, -0.05) is 57.9 Å². The molecule has 0 aliphatic heterocycles. The number of fused-ring (bicyclic) bond motifs is 5. The van der Waals surface area contributed by atoms with Gasteiger partial charge < -0.3 is 5.11 Å². The number of rotatable bonds is 4. The molecule has 0 radical (unpaired) electrons. The Morgan fingerprint density at radius 3 is 2.62 bits per heavy atom. The number of allylic oxidation sites excluding steroid dienone is 5. The molecule has 0 saturated heterocycles. The van der Waals surface area contributed by atoms with Crippen molar-refractivity contribution in [1.29, 1.82) is 0 Å². The summed E-state index contributed by atoms with van der Waals surface area (Å²) in [5.74, 6) is 4.59. The normalized spacial score (nSPS) is 44.6. The van der Waals surface area contributed by atoms with Crippen LogP contribution in [0.3, 0.4) is 0 Å². The Morgan fingerprint density at radius 1 is 1.07 bits per heavy atom. The Balaban J connectivity index is 1.52. The van der Waals surface area contributed by atoms with E-state index in [-0.39, 0.29) is 0 Å². The summed E-state index contributed by atoms with van der Waals surface area (Å²) >= 11 is 0. The lowest BCUT2D eigenvalue weighted by atomic mass is 9.47. The van der Waals surface area contributed by atoms with E-state index in [0.717, 1.165) is 29.2 Å². The van der Waals surface area contributed by atoms with Crippen LogP contribution in [0.4, 0.5) is 0 Å². The van der Waals surface area contributed by atoms with Gasteiger partial charge in [0.25, 0.3) is 0 Å². The maximum absolute atomic E-state index is 9.29. The first-order valence-electron chi connectivity index (χ1n) is 12.5. The second-order valence-electron chi connectivity index (χ2n) is 11.6. The van der Waals surface area contributed by atoms with Gasteiger partial charge in [0.1, 0.15) is 0 Å². The largest absolute Gasteiger partial charge is 0.516 e. The first kappa shape index (κ1) is 21.3. The Hall–Kier alpha value is -0.980. The minimum Gasteiger partial charge on any atom is -0.516 e. The molecule has 0 unspecified atom stereocenters. The topological polar surface area (TPSA) is 20.2 Å². The van der Waals surface area contributed by atoms with Crippen molar-refractivity contribution < 1.29 is 5.11 Å². The van der Waals surface area contributed by atoms with E-state index in [1.54, 1.807) is 0 Å². The molecule has 0 aromatic carbocycles. The van der Waals surface area contributed by atoms with Crippen LogP contribution in [0.25, 0.3) is 0 Å². The summed E-state index contributed by atoms with van der Waals surface area (Å²) in [5.41, 5.74) is 3.93. The van der Waals surface area contributed by atoms with Gasteiger partial charge >= 0.3 is 0 Å². The number of hydrogen-bond donors (Lipinski definition) is 1. The fourth-order valence-corrected chi connectivity index (χ4v) is 8.35. The third-order valence-corrected chi connectivity index (χ3v) is 10.4. The molecule has 1 nitrogen and oxygen atoms in total. The third kappa shape index (κ3) is 3.45. The van der Waals surface area contributed by atoms with Gasteiger partial charge in [-0.05, 0) is 110 Å². The van der Waals surface area contributed by atoms with Gasteiger partial charge in [-0.2, -0.15) is 0 Å². The molecule has 8 atom stereocenters. The van der Waals surface area contributed by atoms with E-state index in [0.29, 0.717) is 22.7 Å². The number of aliphatic hydroxyl groups excluding tert-OH is 1. The van der Waals surface area contributed by atoms with Crippen LogP contribution < -0.4 is 0 Å². The molecule has 4 aliphatic rings. The van der Waals surface area contributed by atoms with Gasteiger partial charge in [0.05, 0.1) is 6.26 Å². The predicted molar refractivity (Wildman–Crippen MR) is 124 cm³/mol. The highest BCUT2D eigenvalue weighted by molar-refractivity contribution is 5.24. The van der Waals surface area contributed by atoms with Gasteiger partial charge in [0.15, 0.2) is 0 Å². The summed E-state index contributed by atoms with van der Waals surface area (Å²) in [5, 5.41) is 9.29. The van der Waals surface area contributed by atoms with Crippen molar-refractivity contribution in [2.45, 2.75) is 92.4 Å². The summed E-state index contributed by atoms with van der Waals surface area (Å²) in [6.07, 6.45) is 21.6. The van der Waals surface area contributed by atoms with Crippen molar-refractivity contribution in [3.63, 3.8) is 0 Å². The zero-order valence-corrected chi connectivity index (χ0v) is 19.6. The zero-order chi connectivity index (χ0) is 20.8. The smallest absolute Gasteiger partial charge is 0.0786 e. The van der Waals surface area contributed by atoms with Crippen molar-refractivity contribution in [3.8, 4) is 0 Å². The minimum absolute atomic E-state index is 0.330. The average molecular weight is 397 g/mol. The van der Waals surface area contributed by atoms with E-state index in [9.17, 15) is 5.11 Å². The van der Waals surface area contributed by atoms with E-state index < -0.39 is 0 Å². The van der Waals surface area contributed by atoms with Gasteiger partial charge in [0, 0.05) is 0 Å². The lowest BCUT2D eigenvalue weighted by molar-refractivity contribution is -0.0462. The average Bonchev–Trinajstić information content (AvgIpc) is 3.08. The highest BCUT2D eigenvalue weighted by Gasteiger charge is 2.58. The quantitative estimate of drug-likeness (QED) is 0.374. The molecule has 0 spiro atoms. The van der Waals surface area contributed by atoms with E-state index >= 15 is 0 Å². The van der Waals surface area contributed by atoms with Crippen LogP contribution in [-0.2, 0) is 0 Å². The lowest BCUT2D eigenvalue weighted by Gasteiger charge is -2.58. The fourth-order valence-electron chi connectivity index (χ4n) is 8.35. The molecule has 162 valence electrons. The van der Waals surface area contributed by atoms with E-state index in [1.165, 1.54) is 64.0 Å². The first-order chi connectivity index (χ1) is 13.8. The standard InChI is InChI=1S/C28H44O/c1-19(21(3)18-29)9-10-20(2)24-13-14-25-23-12-11-22-8-6-7-16-27(22,4)26(23)15-17-28(24,25)5/h9-11,18-20,23-26,29H,6-8,12-17H2,1-5H3/t19-,20+,23-,24+,25-,26-,27-,28+/m0/s1. The predicted octanol–water partition coefficient (Wildman–Crippen LogP) is 8.25. The van der Waals surface area contributed by atoms with E-state index in [2.05, 4.69) is 45.9 Å². The molecular weight excluding hydrogens is 352 g/mol. The Bertz CT molecular complexity index is 699. The molecule has 0 heterocycles. The molecule has 29 heavy (non-hydrogen) atoms. The highest BCUT2D eigenvalue weighted by atomic mass is 16.2. The summed E-state index contributed by atoms with van der Waals surface area (Å²) in [4.78, 5) is 0. The van der Waals surface area contributed by atoms with Crippen LogP contribution in [0, 0.1) is 46.3 Å². The summed E-state index contributed by atoms with van der Waals surface area (Å²) in [6, 6.07) is 0. The van der Waals surface area contributed by atoms with E-state index in [4.69, 9.17) is 0 Å². The Labute approximate surface area is 179 Å². The minimum atomic E-state index is 0.330. The highest BCUT2D eigenvalue weighted by Crippen LogP contribution is 2.67. The molecule has 1 heteroatoms. The van der Waals surface area contributed by atoms with Crippen LogP contribution in [-0.4, -0.2) is 5.11 Å². The number of aliphatic hydroxyl groups is 1. The van der Waals surface area contributed by atoms with Crippen LogP contribution in [0.2, 0.25) is 0 Å². The number of hydrogen-bond acceptors (Lipinski definition) is 1. The molecule has 4 rings (SSSR count). The molecule has 3 fully saturated rings. The van der Waals surface area contributed by atoms with Crippen LogP contribution >= 0.6 is 0 Å². The fraction of sp³-hybridized carbons (Fsp3) is 0.786. The summed E-state index contributed by atoms with van der Waals surface area (Å²) < 4.78 is 0. The molecule has 0 bridgehead atoms. The zero-order valence-electron chi connectivity index (χ0n) is 19.6. The second kappa shape index (κ2) is 7.93. The summed E-state index contributed by atoms with van der Waals surface area (Å²) in [6.45, 7) is 11.9. The SMILES string of the molecule is CC(=CO)[C@@H](C)C=C[C@@H](C)[C@H]1CC[C@H]2[C@@H]3CC=C4CCCC[C@]4(C)[C@H]3CC[C@]12C. The lowest BCUT2D eigenvalue weighted by Crippen LogP contribution is -2.49. The van der Waals surface area contributed by atoms with Crippen LogP contribution in [0.1, 0.15) is 92.4 Å². The van der Waals surface area contributed by atoms with Crippen molar-refractivity contribution in [2.24, 2.45) is 46.3 Å². The molecule has 0 aromatic heterocycles. The molecule has 3 saturated carbocycles. The maximum atomic E-state index is 9.29. The van der Waals surface area contributed by atoms with Crippen molar-refractivity contribution in [2.75, 3.05) is 0 Å². The van der Waals surface area contributed by atoms with Crippen LogP contribution in [0.5, 0.6) is 0 Å². The van der Waals surface area contributed by atoms with Crippen LogP contribution in [0.15, 0.2) is 35.6 Å². The molecule has 0 amide bonds.